The van der Waals surface area contributed by atoms with Crippen LogP contribution in [0.15, 0.2) is 17.2 Å². The first kappa shape index (κ1) is 15.0. The Morgan fingerprint density at radius 2 is 2.10 bits per heavy atom. The molecule has 0 atom stereocenters. The van der Waals surface area contributed by atoms with Gasteiger partial charge in [-0.25, -0.2) is 4.98 Å². The monoisotopic (exact) mass is 281 g/mol. The van der Waals surface area contributed by atoms with Crippen molar-refractivity contribution in [3.8, 4) is 0 Å². The van der Waals surface area contributed by atoms with Crippen molar-refractivity contribution < 1.29 is 9.84 Å². The van der Waals surface area contributed by atoms with Gasteiger partial charge in [-0.05, 0) is 33.6 Å². The van der Waals surface area contributed by atoms with Crippen molar-refractivity contribution in [1.29, 1.82) is 0 Å². The summed E-state index contributed by atoms with van der Waals surface area (Å²) in [5.41, 5.74) is -0.987. The topological polar surface area (TPSA) is 76.4 Å². The van der Waals surface area contributed by atoms with Crippen LogP contribution < -0.4 is 10.9 Å². The molecule has 0 radical (unpaired) electrons. The lowest BCUT2D eigenvalue weighted by Crippen LogP contribution is -2.49. The predicted molar refractivity (Wildman–Crippen MR) is 77.0 cm³/mol. The van der Waals surface area contributed by atoms with E-state index < -0.39 is 5.54 Å². The Morgan fingerprint density at radius 1 is 1.45 bits per heavy atom. The summed E-state index contributed by atoms with van der Waals surface area (Å²) in [6.45, 7) is 7.01. The van der Waals surface area contributed by atoms with E-state index in [2.05, 4.69) is 10.3 Å². The number of aromatic nitrogens is 2. The molecule has 2 rings (SSSR count). The lowest BCUT2D eigenvalue weighted by Gasteiger charge is -2.36. The minimum absolute atomic E-state index is 0.0398. The van der Waals surface area contributed by atoms with Crippen LogP contribution in [0.1, 0.15) is 33.6 Å². The normalized spacial score (nSPS) is 18.8. The standard InChI is InChI=1S/C14H23N3O3/c1-13(2,3)17-7-6-15-11(12(17)19)16-14(10-18)4-8-20-9-5-14/h6-7,18H,4-5,8-10H2,1-3H3,(H,15,16). The maximum Gasteiger partial charge on any atom is 0.293 e. The molecule has 0 spiro atoms. The minimum Gasteiger partial charge on any atom is -0.394 e. The number of aliphatic hydroxyl groups excluding tert-OH is 1. The molecule has 112 valence electrons. The van der Waals surface area contributed by atoms with Crippen molar-refractivity contribution in [2.24, 2.45) is 0 Å². The number of nitrogens with one attached hydrogen (secondary N) is 1. The van der Waals surface area contributed by atoms with Gasteiger partial charge in [0.05, 0.1) is 12.1 Å². The third-order valence-electron chi connectivity index (χ3n) is 3.70. The van der Waals surface area contributed by atoms with Crippen LogP contribution in [0.25, 0.3) is 0 Å². The summed E-state index contributed by atoms with van der Waals surface area (Å²) in [6.07, 6.45) is 4.62. The molecule has 0 aromatic carbocycles. The summed E-state index contributed by atoms with van der Waals surface area (Å²) in [5.74, 6) is 0.290. The van der Waals surface area contributed by atoms with Gasteiger partial charge >= 0.3 is 0 Å². The molecule has 0 aliphatic carbocycles. The van der Waals surface area contributed by atoms with Crippen LogP contribution in [-0.2, 0) is 10.3 Å². The molecule has 1 fully saturated rings. The van der Waals surface area contributed by atoms with Crippen LogP contribution in [0.2, 0.25) is 0 Å². The molecule has 1 aromatic heterocycles. The van der Waals surface area contributed by atoms with E-state index in [1.54, 1.807) is 17.0 Å². The van der Waals surface area contributed by atoms with Gasteiger partial charge < -0.3 is 19.7 Å². The van der Waals surface area contributed by atoms with Crippen LogP contribution in [0, 0.1) is 0 Å². The highest BCUT2D eigenvalue weighted by molar-refractivity contribution is 5.35. The van der Waals surface area contributed by atoms with Crippen LogP contribution >= 0.6 is 0 Å². The van der Waals surface area contributed by atoms with Crippen LogP contribution in [-0.4, -0.2) is 40.0 Å². The highest BCUT2D eigenvalue weighted by Gasteiger charge is 2.33. The van der Waals surface area contributed by atoms with Crippen molar-refractivity contribution in [3.05, 3.63) is 22.7 Å². The van der Waals surface area contributed by atoms with Gasteiger partial charge in [0.1, 0.15) is 0 Å². The molecule has 1 saturated heterocycles. The number of hydrogen-bond donors (Lipinski definition) is 2. The molecule has 6 nitrogen and oxygen atoms in total. The van der Waals surface area contributed by atoms with Gasteiger partial charge in [-0.3, -0.25) is 4.79 Å². The highest BCUT2D eigenvalue weighted by Crippen LogP contribution is 2.23. The summed E-state index contributed by atoms with van der Waals surface area (Å²) >= 11 is 0. The van der Waals surface area contributed by atoms with E-state index in [0.717, 1.165) is 0 Å². The van der Waals surface area contributed by atoms with Gasteiger partial charge in [0.2, 0.25) is 0 Å². The molecule has 1 aliphatic heterocycles. The number of anilines is 1. The Balaban J connectivity index is 2.32. The second kappa shape index (κ2) is 5.54. The van der Waals surface area contributed by atoms with E-state index in [9.17, 15) is 9.90 Å². The molecule has 0 bridgehead atoms. The molecule has 0 unspecified atom stereocenters. The minimum atomic E-state index is -0.512. The zero-order chi connectivity index (χ0) is 14.8. The van der Waals surface area contributed by atoms with Crippen molar-refractivity contribution >= 4 is 5.82 Å². The second-order valence-corrected chi connectivity index (χ2v) is 6.30. The zero-order valence-electron chi connectivity index (χ0n) is 12.3. The predicted octanol–water partition coefficient (Wildman–Crippen LogP) is 0.952. The highest BCUT2D eigenvalue weighted by atomic mass is 16.5. The van der Waals surface area contributed by atoms with Crippen LogP contribution in [0.4, 0.5) is 5.82 Å². The molecule has 2 heterocycles. The number of hydrogen-bond acceptors (Lipinski definition) is 5. The summed E-state index contributed by atoms with van der Waals surface area (Å²) < 4.78 is 6.96. The fourth-order valence-corrected chi connectivity index (χ4v) is 2.36. The number of ether oxygens (including phenoxy) is 1. The second-order valence-electron chi connectivity index (χ2n) is 6.30. The maximum absolute atomic E-state index is 12.5. The van der Waals surface area contributed by atoms with E-state index in [-0.39, 0.29) is 17.7 Å². The fourth-order valence-electron chi connectivity index (χ4n) is 2.36. The summed E-state index contributed by atoms with van der Waals surface area (Å²) in [5, 5.41) is 12.8. The van der Waals surface area contributed by atoms with Crippen molar-refractivity contribution in [2.75, 3.05) is 25.1 Å². The lowest BCUT2D eigenvalue weighted by molar-refractivity contribution is 0.0377. The average Bonchev–Trinajstić information content (AvgIpc) is 2.41. The molecule has 6 heteroatoms. The summed E-state index contributed by atoms with van der Waals surface area (Å²) in [6, 6.07) is 0. The Kier molecular flexibility index (Phi) is 4.15. The SMILES string of the molecule is CC(C)(C)n1ccnc(NC2(CO)CCOCC2)c1=O. The molecule has 0 saturated carbocycles. The molecule has 2 N–H and O–H groups in total. The molecular formula is C14H23N3O3. The van der Waals surface area contributed by atoms with Crippen molar-refractivity contribution in [3.63, 3.8) is 0 Å². The number of nitrogens with zero attached hydrogens (tertiary/aromatic N) is 2. The van der Waals surface area contributed by atoms with E-state index in [1.807, 2.05) is 20.8 Å². The third kappa shape index (κ3) is 3.02. The van der Waals surface area contributed by atoms with E-state index in [0.29, 0.717) is 31.9 Å². The maximum atomic E-state index is 12.5. The molecular weight excluding hydrogens is 258 g/mol. The van der Waals surface area contributed by atoms with Gasteiger partial charge in [0.15, 0.2) is 5.82 Å². The van der Waals surface area contributed by atoms with E-state index in [1.165, 1.54) is 0 Å². The van der Waals surface area contributed by atoms with E-state index >= 15 is 0 Å². The first-order chi connectivity index (χ1) is 9.38. The van der Waals surface area contributed by atoms with Crippen molar-refractivity contribution in [2.45, 2.75) is 44.7 Å². The van der Waals surface area contributed by atoms with Crippen molar-refractivity contribution in [1.82, 2.24) is 9.55 Å². The van der Waals surface area contributed by atoms with Crippen LogP contribution in [0.5, 0.6) is 0 Å². The molecule has 20 heavy (non-hydrogen) atoms. The largest absolute Gasteiger partial charge is 0.394 e. The fraction of sp³-hybridized carbons (Fsp3) is 0.714. The first-order valence-corrected chi connectivity index (χ1v) is 6.93. The summed E-state index contributed by atoms with van der Waals surface area (Å²) in [7, 11) is 0. The smallest absolute Gasteiger partial charge is 0.293 e. The Morgan fingerprint density at radius 3 is 2.65 bits per heavy atom. The van der Waals surface area contributed by atoms with Gasteiger partial charge in [-0.1, -0.05) is 0 Å². The Labute approximate surface area is 118 Å². The first-order valence-electron chi connectivity index (χ1n) is 6.93. The Bertz CT molecular complexity index is 513. The quantitative estimate of drug-likeness (QED) is 0.862. The van der Waals surface area contributed by atoms with Gasteiger partial charge in [-0.2, -0.15) is 0 Å². The van der Waals surface area contributed by atoms with E-state index in [4.69, 9.17) is 4.74 Å². The van der Waals surface area contributed by atoms with Gasteiger partial charge in [0.25, 0.3) is 5.56 Å². The number of rotatable bonds is 3. The molecule has 1 aliphatic rings. The Hall–Kier alpha value is -1.40. The van der Waals surface area contributed by atoms with Gasteiger partial charge in [0, 0.05) is 31.1 Å². The average molecular weight is 281 g/mol. The molecule has 1 aromatic rings. The molecule has 0 amide bonds. The van der Waals surface area contributed by atoms with Gasteiger partial charge in [-0.15, -0.1) is 0 Å². The third-order valence-corrected chi connectivity index (χ3v) is 3.70. The summed E-state index contributed by atoms with van der Waals surface area (Å²) in [4.78, 5) is 16.6. The lowest BCUT2D eigenvalue weighted by atomic mass is 9.91. The number of aliphatic hydroxyl groups is 1. The van der Waals surface area contributed by atoms with Crippen LogP contribution in [0.3, 0.4) is 0 Å². The zero-order valence-corrected chi connectivity index (χ0v) is 12.3.